The van der Waals surface area contributed by atoms with E-state index in [1.807, 2.05) is 0 Å². The number of anilines is 1. The molecule has 0 fully saturated rings. The molecule has 0 radical (unpaired) electrons. The van der Waals surface area contributed by atoms with Gasteiger partial charge in [-0.2, -0.15) is 0 Å². The van der Waals surface area contributed by atoms with Crippen LogP contribution < -0.4 is 5.32 Å². The molecule has 1 aromatic carbocycles. The molecule has 0 amide bonds. The van der Waals surface area contributed by atoms with Crippen LogP contribution in [0.3, 0.4) is 0 Å². The highest BCUT2D eigenvalue weighted by Crippen LogP contribution is 2.20. The molecule has 0 bridgehead atoms. The summed E-state index contributed by atoms with van der Waals surface area (Å²) in [5.74, 6) is -4.02. The minimum absolute atomic E-state index is 0.0522. The summed E-state index contributed by atoms with van der Waals surface area (Å²) in [4.78, 5) is 10.5. The first-order valence-electron chi connectivity index (χ1n) is 5.02. The smallest absolute Gasteiger partial charge is 0.338 e. The van der Waals surface area contributed by atoms with E-state index in [0.717, 1.165) is 6.07 Å². The standard InChI is InChI=1S/C11H13F2NO3/c1-17-6-2-5-14-8-4-3-7(11(15)16)9(12)10(8)13/h3-4,14H,2,5-6H2,1H3,(H,15,16). The normalized spacial score (nSPS) is 10.3. The summed E-state index contributed by atoms with van der Waals surface area (Å²) in [6.45, 7) is 0.918. The van der Waals surface area contributed by atoms with Crippen molar-refractivity contribution in [3.63, 3.8) is 0 Å². The van der Waals surface area contributed by atoms with E-state index in [-0.39, 0.29) is 5.69 Å². The lowest BCUT2D eigenvalue weighted by atomic mass is 10.2. The van der Waals surface area contributed by atoms with Gasteiger partial charge in [-0.25, -0.2) is 13.6 Å². The molecular formula is C11H13F2NO3. The zero-order chi connectivity index (χ0) is 12.8. The summed E-state index contributed by atoms with van der Waals surface area (Å²) in [5.41, 5.74) is -0.728. The first kappa shape index (κ1) is 13.4. The molecule has 1 rings (SSSR count). The van der Waals surface area contributed by atoms with E-state index in [4.69, 9.17) is 9.84 Å². The zero-order valence-corrected chi connectivity index (χ0v) is 9.30. The highest BCUT2D eigenvalue weighted by atomic mass is 19.2. The number of carboxylic acid groups (broad SMARTS) is 1. The molecule has 0 aliphatic rings. The fraction of sp³-hybridized carbons (Fsp3) is 0.364. The van der Waals surface area contributed by atoms with Crippen LogP contribution in [0, 0.1) is 11.6 Å². The van der Waals surface area contributed by atoms with Crippen LogP contribution in [-0.4, -0.2) is 31.3 Å². The van der Waals surface area contributed by atoms with Gasteiger partial charge in [-0.15, -0.1) is 0 Å². The van der Waals surface area contributed by atoms with Crippen molar-refractivity contribution in [2.75, 3.05) is 25.6 Å². The van der Waals surface area contributed by atoms with Gasteiger partial charge >= 0.3 is 5.97 Å². The summed E-state index contributed by atoms with van der Waals surface area (Å²) in [6, 6.07) is 2.23. The van der Waals surface area contributed by atoms with E-state index < -0.39 is 23.2 Å². The minimum atomic E-state index is -1.49. The molecular weight excluding hydrogens is 232 g/mol. The second kappa shape index (κ2) is 6.15. The van der Waals surface area contributed by atoms with E-state index in [9.17, 15) is 13.6 Å². The maximum absolute atomic E-state index is 13.4. The summed E-state index contributed by atoms with van der Waals surface area (Å²) in [5, 5.41) is 11.3. The van der Waals surface area contributed by atoms with E-state index in [0.29, 0.717) is 19.6 Å². The van der Waals surface area contributed by atoms with Crippen LogP contribution in [0.1, 0.15) is 16.8 Å². The number of nitrogens with one attached hydrogen (secondary N) is 1. The van der Waals surface area contributed by atoms with Gasteiger partial charge in [0.15, 0.2) is 11.6 Å². The molecule has 2 N–H and O–H groups in total. The van der Waals surface area contributed by atoms with Gasteiger partial charge < -0.3 is 15.2 Å². The van der Waals surface area contributed by atoms with Crippen LogP contribution in [0.4, 0.5) is 14.5 Å². The second-order valence-electron chi connectivity index (χ2n) is 3.37. The average molecular weight is 245 g/mol. The SMILES string of the molecule is COCCCNc1ccc(C(=O)O)c(F)c1F. The molecule has 17 heavy (non-hydrogen) atoms. The molecule has 6 heteroatoms. The van der Waals surface area contributed by atoms with Crippen molar-refractivity contribution < 1.29 is 23.4 Å². The fourth-order valence-electron chi connectivity index (χ4n) is 1.29. The van der Waals surface area contributed by atoms with Crippen molar-refractivity contribution in [1.82, 2.24) is 0 Å². The first-order valence-corrected chi connectivity index (χ1v) is 5.02. The van der Waals surface area contributed by atoms with Gasteiger partial charge in [0.05, 0.1) is 11.3 Å². The third-order valence-corrected chi connectivity index (χ3v) is 2.15. The Morgan fingerprint density at radius 2 is 2.12 bits per heavy atom. The van der Waals surface area contributed by atoms with E-state index in [2.05, 4.69) is 5.32 Å². The Labute approximate surface area is 97.2 Å². The highest BCUT2D eigenvalue weighted by Gasteiger charge is 2.17. The lowest BCUT2D eigenvalue weighted by Gasteiger charge is -2.08. The average Bonchev–Trinajstić information content (AvgIpc) is 2.29. The Morgan fingerprint density at radius 1 is 1.41 bits per heavy atom. The maximum atomic E-state index is 13.4. The topological polar surface area (TPSA) is 58.6 Å². The van der Waals surface area contributed by atoms with Crippen LogP contribution in [0.25, 0.3) is 0 Å². The van der Waals surface area contributed by atoms with Crippen LogP contribution in [0.5, 0.6) is 0 Å². The number of rotatable bonds is 6. The molecule has 0 aliphatic carbocycles. The van der Waals surface area contributed by atoms with Crippen molar-refractivity contribution in [3.8, 4) is 0 Å². The molecule has 0 saturated heterocycles. The third-order valence-electron chi connectivity index (χ3n) is 2.15. The Kier molecular flexibility index (Phi) is 4.84. The van der Waals surface area contributed by atoms with Gasteiger partial charge in [-0.1, -0.05) is 0 Å². The van der Waals surface area contributed by atoms with E-state index >= 15 is 0 Å². The van der Waals surface area contributed by atoms with Gasteiger partial charge in [-0.3, -0.25) is 0 Å². The van der Waals surface area contributed by atoms with Crippen LogP contribution in [-0.2, 0) is 4.74 Å². The summed E-state index contributed by atoms with van der Waals surface area (Å²) < 4.78 is 31.5. The number of hydrogen-bond donors (Lipinski definition) is 2. The minimum Gasteiger partial charge on any atom is -0.478 e. The fourth-order valence-corrected chi connectivity index (χ4v) is 1.29. The molecule has 0 aromatic heterocycles. The van der Waals surface area contributed by atoms with Gasteiger partial charge in [-0.05, 0) is 18.6 Å². The van der Waals surface area contributed by atoms with E-state index in [1.165, 1.54) is 6.07 Å². The number of hydrogen-bond acceptors (Lipinski definition) is 3. The lowest BCUT2D eigenvalue weighted by Crippen LogP contribution is -2.09. The molecule has 0 atom stereocenters. The Morgan fingerprint density at radius 3 is 2.71 bits per heavy atom. The molecule has 4 nitrogen and oxygen atoms in total. The van der Waals surface area contributed by atoms with Crippen LogP contribution in [0.2, 0.25) is 0 Å². The first-order chi connectivity index (χ1) is 8.07. The van der Waals surface area contributed by atoms with Crippen molar-refractivity contribution in [2.24, 2.45) is 0 Å². The zero-order valence-electron chi connectivity index (χ0n) is 9.30. The molecule has 0 saturated carbocycles. The van der Waals surface area contributed by atoms with Crippen molar-refractivity contribution >= 4 is 11.7 Å². The number of carboxylic acids is 1. The number of carbonyl (C=O) groups is 1. The maximum Gasteiger partial charge on any atom is 0.338 e. The number of benzene rings is 1. The van der Waals surface area contributed by atoms with Crippen molar-refractivity contribution in [1.29, 1.82) is 0 Å². The highest BCUT2D eigenvalue weighted by molar-refractivity contribution is 5.88. The Balaban J connectivity index is 2.75. The molecule has 0 spiro atoms. The number of halogens is 2. The van der Waals surface area contributed by atoms with Crippen molar-refractivity contribution in [3.05, 3.63) is 29.3 Å². The number of ether oxygens (including phenoxy) is 1. The van der Waals surface area contributed by atoms with Gasteiger partial charge in [0.2, 0.25) is 0 Å². The summed E-state index contributed by atoms with van der Waals surface area (Å²) in [6.07, 6.45) is 0.637. The van der Waals surface area contributed by atoms with Gasteiger partial charge in [0, 0.05) is 20.3 Å². The quantitative estimate of drug-likeness (QED) is 0.753. The molecule has 1 aromatic rings. The lowest BCUT2D eigenvalue weighted by molar-refractivity contribution is 0.0690. The summed E-state index contributed by atoms with van der Waals surface area (Å²) >= 11 is 0. The number of aromatic carboxylic acids is 1. The predicted octanol–water partition coefficient (Wildman–Crippen LogP) is 2.11. The predicted molar refractivity (Wildman–Crippen MR) is 58.3 cm³/mol. The second-order valence-corrected chi connectivity index (χ2v) is 3.37. The van der Waals surface area contributed by atoms with Crippen LogP contribution >= 0.6 is 0 Å². The Bertz CT molecular complexity index is 410. The Hall–Kier alpha value is -1.69. The molecule has 0 aliphatic heterocycles. The number of methoxy groups -OCH3 is 1. The molecule has 0 unspecified atom stereocenters. The van der Waals surface area contributed by atoms with Gasteiger partial charge in [0.1, 0.15) is 0 Å². The third kappa shape index (κ3) is 3.39. The molecule has 94 valence electrons. The monoisotopic (exact) mass is 245 g/mol. The van der Waals surface area contributed by atoms with E-state index in [1.54, 1.807) is 7.11 Å². The summed E-state index contributed by atoms with van der Waals surface area (Å²) in [7, 11) is 1.54. The van der Waals surface area contributed by atoms with Crippen molar-refractivity contribution in [2.45, 2.75) is 6.42 Å². The van der Waals surface area contributed by atoms with Crippen LogP contribution in [0.15, 0.2) is 12.1 Å². The molecule has 0 heterocycles. The van der Waals surface area contributed by atoms with Gasteiger partial charge in [0.25, 0.3) is 0 Å². The largest absolute Gasteiger partial charge is 0.478 e.